The lowest BCUT2D eigenvalue weighted by Crippen LogP contribution is -2.52. The van der Waals surface area contributed by atoms with Crippen LogP contribution in [0.1, 0.15) is 30.5 Å². The number of rotatable bonds is 9. The molecule has 0 saturated carbocycles. The molecule has 1 unspecified atom stereocenters. The van der Waals surface area contributed by atoms with Gasteiger partial charge < -0.3 is 10.2 Å². The monoisotopic (exact) mass is 516 g/mol. The molecule has 0 radical (unpaired) electrons. The summed E-state index contributed by atoms with van der Waals surface area (Å²) in [6, 6.07) is 21.2. The molecule has 0 spiro atoms. The van der Waals surface area contributed by atoms with E-state index >= 15 is 0 Å². The van der Waals surface area contributed by atoms with Crippen LogP contribution in [0.2, 0.25) is 15.1 Å². The summed E-state index contributed by atoms with van der Waals surface area (Å²) in [6.07, 6.45) is 0.349. The second-order valence-corrected chi connectivity index (χ2v) is 9.64. The standard InChI is InChI=1S/C27H27Cl3N2O2/c1-18(2)31-27(34)25(15-19-7-4-3-5-8-19)32(17-20-11-13-21(28)14-12-20)26(33)16-22-23(29)9-6-10-24(22)30/h3-14,18,25H,15-17H2,1-2H3,(H,31,34). The summed E-state index contributed by atoms with van der Waals surface area (Å²) in [6.45, 7) is 4.03. The molecule has 34 heavy (non-hydrogen) atoms. The van der Waals surface area contributed by atoms with Gasteiger partial charge in [-0.25, -0.2) is 0 Å². The van der Waals surface area contributed by atoms with Gasteiger partial charge in [0.15, 0.2) is 0 Å². The largest absolute Gasteiger partial charge is 0.352 e. The van der Waals surface area contributed by atoms with Crippen LogP contribution in [0.3, 0.4) is 0 Å². The van der Waals surface area contributed by atoms with Crippen LogP contribution in [-0.2, 0) is 29.0 Å². The van der Waals surface area contributed by atoms with Gasteiger partial charge in [0.2, 0.25) is 11.8 Å². The average molecular weight is 518 g/mol. The minimum absolute atomic E-state index is 0.0215. The summed E-state index contributed by atoms with van der Waals surface area (Å²) in [5.41, 5.74) is 2.36. The Hall–Kier alpha value is -2.53. The molecule has 0 saturated heterocycles. The third-order valence-electron chi connectivity index (χ3n) is 5.36. The van der Waals surface area contributed by atoms with E-state index in [2.05, 4.69) is 5.32 Å². The number of amides is 2. The predicted molar refractivity (Wildman–Crippen MR) is 139 cm³/mol. The highest BCUT2D eigenvalue weighted by molar-refractivity contribution is 6.36. The van der Waals surface area contributed by atoms with Crippen molar-refractivity contribution < 1.29 is 9.59 Å². The van der Waals surface area contributed by atoms with Crippen LogP contribution in [0.15, 0.2) is 72.8 Å². The molecule has 2 amide bonds. The number of nitrogens with one attached hydrogen (secondary N) is 1. The Morgan fingerprint density at radius 2 is 1.44 bits per heavy atom. The molecule has 7 heteroatoms. The number of hydrogen-bond acceptors (Lipinski definition) is 2. The SMILES string of the molecule is CC(C)NC(=O)C(Cc1ccccc1)N(Cc1ccc(Cl)cc1)C(=O)Cc1c(Cl)cccc1Cl. The molecule has 0 aromatic heterocycles. The van der Waals surface area contributed by atoms with Crippen LogP contribution >= 0.6 is 34.8 Å². The third kappa shape index (κ3) is 7.23. The molecule has 178 valence electrons. The van der Waals surface area contributed by atoms with Gasteiger partial charge in [0.05, 0.1) is 6.42 Å². The Morgan fingerprint density at radius 3 is 2.03 bits per heavy atom. The highest BCUT2D eigenvalue weighted by atomic mass is 35.5. The number of carbonyl (C=O) groups excluding carboxylic acids is 2. The van der Waals surface area contributed by atoms with Crippen molar-refractivity contribution in [3.63, 3.8) is 0 Å². The quantitative estimate of drug-likeness (QED) is 0.359. The Bertz CT molecular complexity index is 1100. The molecule has 0 aliphatic rings. The second kappa shape index (κ2) is 12.3. The van der Waals surface area contributed by atoms with E-state index in [1.54, 1.807) is 35.2 Å². The molecule has 4 nitrogen and oxygen atoms in total. The van der Waals surface area contributed by atoms with Crippen LogP contribution in [-0.4, -0.2) is 28.8 Å². The first-order chi connectivity index (χ1) is 16.2. The van der Waals surface area contributed by atoms with Gasteiger partial charge in [-0.1, -0.05) is 83.3 Å². The lowest BCUT2D eigenvalue weighted by Gasteiger charge is -2.32. The number of nitrogens with zero attached hydrogens (tertiary/aromatic N) is 1. The maximum atomic E-state index is 13.7. The van der Waals surface area contributed by atoms with Gasteiger partial charge >= 0.3 is 0 Å². The molecule has 1 atom stereocenters. The summed E-state index contributed by atoms with van der Waals surface area (Å²) in [5.74, 6) is -0.462. The van der Waals surface area contributed by atoms with Crippen molar-refractivity contribution in [3.05, 3.63) is 105 Å². The summed E-state index contributed by atoms with van der Waals surface area (Å²) in [5, 5.41) is 4.40. The first-order valence-corrected chi connectivity index (χ1v) is 12.2. The van der Waals surface area contributed by atoms with E-state index in [0.717, 1.165) is 11.1 Å². The summed E-state index contributed by atoms with van der Waals surface area (Å²) in [7, 11) is 0. The lowest BCUT2D eigenvalue weighted by molar-refractivity contribution is -0.141. The van der Waals surface area contributed by atoms with Crippen molar-refractivity contribution >= 4 is 46.6 Å². The fourth-order valence-corrected chi connectivity index (χ4v) is 4.33. The highest BCUT2D eigenvalue weighted by Crippen LogP contribution is 2.26. The Morgan fingerprint density at radius 1 is 0.824 bits per heavy atom. The summed E-state index contributed by atoms with van der Waals surface area (Å²) >= 11 is 18.8. The number of halogens is 3. The minimum Gasteiger partial charge on any atom is -0.352 e. The Labute approximate surface area is 215 Å². The van der Waals surface area contributed by atoms with E-state index in [9.17, 15) is 9.59 Å². The topological polar surface area (TPSA) is 49.4 Å². The zero-order valence-electron chi connectivity index (χ0n) is 19.1. The number of carbonyl (C=O) groups is 2. The van der Waals surface area contributed by atoms with E-state index in [1.807, 2.05) is 56.3 Å². The molecule has 0 bridgehead atoms. The zero-order valence-corrected chi connectivity index (χ0v) is 21.4. The molecule has 0 fully saturated rings. The van der Waals surface area contributed by atoms with Gasteiger partial charge in [-0.3, -0.25) is 9.59 Å². The number of hydrogen-bond donors (Lipinski definition) is 1. The van der Waals surface area contributed by atoms with E-state index in [-0.39, 0.29) is 30.8 Å². The molecule has 0 aliphatic carbocycles. The van der Waals surface area contributed by atoms with Gasteiger partial charge in [0, 0.05) is 34.1 Å². The van der Waals surface area contributed by atoms with Crippen molar-refractivity contribution in [1.82, 2.24) is 10.2 Å². The summed E-state index contributed by atoms with van der Waals surface area (Å²) < 4.78 is 0. The summed E-state index contributed by atoms with van der Waals surface area (Å²) in [4.78, 5) is 28.7. The fourth-order valence-electron chi connectivity index (χ4n) is 3.68. The van der Waals surface area contributed by atoms with Crippen LogP contribution in [0.4, 0.5) is 0 Å². The Kier molecular flexibility index (Phi) is 9.40. The van der Waals surface area contributed by atoms with Crippen molar-refractivity contribution in [2.45, 2.75) is 45.3 Å². The van der Waals surface area contributed by atoms with E-state index in [1.165, 1.54) is 0 Å². The normalized spacial score (nSPS) is 11.8. The maximum absolute atomic E-state index is 13.7. The lowest BCUT2D eigenvalue weighted by atomic mass is 10.0. The van der Waals surface area contributed by atoms with Crippen LogP contribution in [0.25, 0.3) is 0 Å². The van der Waals surface area contributed by atoms with Crippen LogP contribution < -0.4 is 5.32 Å². The maximum Gasteiger partial charge on any atom is 0.243 e. The predicted octanol–water partition coefficient (Wildman–Crippen LogP) is 6.35. The number of benzene rings is 3. The zero-order chi connectivity index (χ0) is 24.7. The van der Waals surface area contributed by atoms with E-state index < -0.39 is 6.04 Å². The van der Waals surface area contributed by atoms with Crippen LogP contribution in [0.5, 0.6) is 0 Å². The highest BCUT2D eigenvalue weighted by Gasteiger charge is 2.31. The first kappa shape index (κ1) is 26.1. The second-order valence-electron chi connectivity index (χ2n) is 8.39. The average Bonchev–Trinajstić information content (AvgIpc) is 2.80. The van der Waals surface area contributed by atoms with Gasteiger partial charge in [-0.05, 0) is 54.8 Å². The van der Waals surface area contributed by atoms with E-state index in [0.29, 0.717) is 27.1 Å². The molecule has 0 heterocycles. The molecular formula is C27H27Cl3N2O2. The van der Waals surface area contributed by atoms with Crippen molar-refractivity contribution in [2.75, 3.05) is 0 Å². The van der Waals surface area contributed by atoms with Gasteiger partial charge in [0.1, 0.15) is 6.04 Å². The molecule has 3 aromatic carbocycles. The minimum atomic E-state index is -0.728. The molecule has 1 N–H and O–H groups in total. The van der Waals surface area contributed by atoms with Gasteiger partial charge in [-0.2, -0.15) is 0 Å². The molecule has 3 aromatic rings. The van der Waals surface area contributed by atoms with Crippen LogP contribution in [0, 0.1) is 0 Å². The van der Waals surface area contributed by atoms with Gasteiger partial charge in [-0.15, -0.1) is 0 Å². The third-order valence-corrected chi connectivity index (χ3v) is 6.32. The molecular weight excluding hydrogens is 491 g/mol. The van der Waals surface area contributed by atoms with Crippen molar-refractivity contribution in [1.29, 1.82) is 0 Å². The molecule has 0 aliphatic heterocycles. The Balaban J connectivity index is 2.00. The van der Waals surface area contributed by atoms with Crippen molar-refractivity contribution in [2.24, 2.45) is 0 Å². The fraction of sp³-hybridized carbons (Fsp3) is 0.259. The smallest absolute Gasteiger partial charge is 0.243 e. The van der Waals surface area contributed by atoms with Gasteiger partial charge in [0.25, 0.3) is 0 Å². The van der Waals surface area contributed by atoms with Crippen molar-refractivity contribution in [3.8, 4) is 0 Å². The first-order valence-electron chi connectivity index (χ1n) is 11.1. The van der Waals surface area contributed by atoms with E-state index in [4.69, 9.17) is 34.8 Å². The molecule has 3 rings (SSSR count).